The number of ketones is 2. The molecule has 2 heterocycles. The zero-order chi connectivity index (χ0) is 15.2. The molecule has 2 aromatic heterocycles. The first-order valence-corrected chi connectivity index (χ1v) is 6.80. The number of hydrogen-bond acceptors (Lipinski definition) is 6. The van der Waals surface area contributed by atoms with Crippen LogP contribution in [0.5, 0.6) is 5.06 Å². The highest BCUT2D eigenvalue weighted by Gasteiger charge is 2.19. The lowest BCUT2D eigenvalue weighted by molar-refractivity contribution is -0.148. The van der Waals surface area contributed by atoms with Crippen molar-refractivity contribution in [2.75, 3.05) is 0 Å². The number of carbonyl (C=O) groups is 3. The molecule has 0 amide bonds. The minimum Gasteiger partial charge on any atom is -0.478 e. The highest BCUT2D eigenvalue weighted by Crippen LogP contribution is 2.26. The Morgan fingerprint density at radius 1 is 1.19 bits per heavy atom. The molecular weight excluding hydrogens is 294 g/mol. The lowest BCUT2D eigenvalue weighted by Crippen LogP contribution is -2.16. The summed E-state index contributed by atoms with van der Waals surface area (Å²) in [6.07, 6.45) is 1.01. The number of hydrogen-bond donors (Lipinski definition) is 1. The van der Waals surface area contributed by atoms with Crippen LogP contribution in [-0.4, -0.2) is 27.6 Å². The topological polar surface area (TPSA) is 93.6 Å². The third-order valence-electron chi connectivity index (χ3n) is 2.50. The second-order valence-electron chi connectivity index (χ2n) is 4.06. The minimum atomic E-state index is -1.61. The van der Waals surface area contributed by atoms with Crippen LogP contribution >= 0.6 is 11.3 Å². The van der Waals surface area contributed by atoms with E-state index in [1.165, 1.54) is 6.07 Å². The van der Waals surface area contributed by atoms with Gasteiger partial charge in [-0.2, -0.15) is 0 Å². The number of pyridine rings is 1. The molecule has 7 heteroatoms. The molecular formula is C14H11NO5S. The van der Waals surface area contributed by atoms with Gasteiger partial charge in [-0.25, -0.2) is 4.79 Å². The van der Waals surface area contributed by atoms with Gasteiger partial charge in [0, 0.05) is 6.20 Å². The predicted molar refractivity (Wildman–Crippen MR) is 74.5 cm³/mol. The Balaban J connectivity index is 1.93. The molecule has 6 nitrogen and oxygen atoms in total. The molecule has 0 saturated carbocycles. The Bertz CT molecular complexity index is 665. The molecule has 108 valence electrons. The molecule has 0 aromatic carbocycles. The summed E-state index contributed by atoms with van der Waals surface area (Å²) in [5, 5.41) is 8.97. The van der Waals surface area contributed by atoms with Crippen LogP contribution in [0.3, 0.4) is 0 Å². The number of nitrogens with zero attached hydrogens (tertiary/aromatic N) is 1. The molecule has 0 saturated heterocycles. The van der Waals surface area contributed by atoms with Gasteiger partial charge in [-0.3, -0.25) is 14.6 Å². The van der Waals surface area contributed by atoms with Crippen molar-refractivity contribution in [2.24, 2.45) is 0 Å². The van der Waals surface area contributed by atoms with Crippen LogP contribution < -0.4 is 4.74 Å². The fraction of sp³-hybridized carbons (Fsp3) is 0.143. The molecule has 0 radical (unpaired) electrons. The van der Waals surface area contributed by atoms with Crippen molar-refractivity contribution in [2.45, 2.75) is 13.0 Å². The van der Waals surface area contributed by atoms with E-state index >= 15 is 0 Å². The molecule has 0 fully saturated rings. The van der Waals surface area contributed by atoms with Crippen molar-refractivity contribution in [3.05, 3.63) is 47.1 Å². The Hall–Kier alpha value is -2.54. The number of rotatable bonds is 7. The maximum atomic E-state index is 11.7. The maximum Gasteiger partial charge on any atom is 0.372 e. The van der Waals surface area contributed by atoms with E-state index in [-0.39, 0.29) is 6.61 Å². The first-order valence-electron chi connectivity index (χ1n) is 5.98. The lowest BCUT2D eigenvalue weighted by atomic mass is 10.2. The minimum absolute atomic E-state index is 0.267. The number of carbonyl (C=O) groups excluding carboxylic acids is 2. The summed E-state index contributed by atoms with van der Waals surface area (Å²) in [4.78, 5) is 37.5. The first kappa shape index (κ1) is 14.9. The van der Waals surface area contributed by atoms with Crippen molar-refractivity contribution >= 4 is 28.9 Å². The molecule has 2 rings (SSSR count). The number of carboxylic acids is 1. The molecule has 0 bridgehead atoms. The van der Waals surface area contributed by atoms with Gasteiger partial charge in [0.25, 0.3) is 0 Å². The molecule has 0 atom stereocenters. The summed E-state index contributed by atoms with van der Waals surface area (Å²) in [5.74, 6) is -3.25. The van der Waals surface area contributed by atoms with Crippen molar-refractivity contribution in [3.63, 3.8) is 0 Å². The van der Waals surface area contributed by atoms with Crippen LogP contribution in [0.15, 0.2) is 36.5 Å². The molecule has 0 aliphatic heterocycles. The van der Waals surface area contributed by atoms with Crippen molar-refractivity contribution in [1.82, 2.24) is 4.98 Å². The van der Waals surface area contributed by atoms with Gasteiger partial charge in [0.1, 0.15) is 6.61 Å². The number of thiophene rings is 1. The SMILES string of the molecule is O=C(O)C(=O)CC(=O)c1ccc(OCc2ccccn2)s1. The second-order valence-corrected chi connectivity index (χ2v) is 5.10. The van der Waals surface area contributed by atoms with Crippen LogP contribution in [0.1, 0.15) is 21.8 Å². The summed E-state index contributed by atoms with van der Waals surface area (Å²) >= 11 is 1.07. The zero-order valence-electron chi connectivity index (χ0n) is 10.8. The van der Waals surface area contributed by atoms with Gasteiger partial charge in [-0.05, 0) is 24.3 Å². The molecule has 21 heavy (non-hydrogen) atoms. The van der Waals surface area contributed by atoms with Crippen molar-refractivity contribution < 1.29 is 24.2 Å². The van der Waals surface area contributed by atoms with Gasteiger partial charge in [-0.1, -0.05) is 17.4 Å². The number of Topliss-reactive ketones (excluding diaryl/α,β-unsaturated/α-hetero) is 2. The Kier molecular flexibility index (Phi) is 4.78. The fourth-order valence-electron chi connectivity index (χ4n) is 1.48. The van der Waals surface area contributed by atoms with Crippen molar-refractivity contribution in [3.8, 4) is 5.06 Å². The summed E-state index contributed by atoms with van der Waals surface area (Å²) < 4.78 is 5.48. The van der Waals surface area contributed by atoms with Gasteiger partial charge >= 0.3 is 5.97 Å². The van der Waals surface area contributed by atoms with Gasteiger partial charge in [0.2, 0.25) is 5.78 Å². The summed E-state index contributed by atoms with van der Waals surface area (Å²) in [6.45, 7) is 0.267. The number of ether oxygens (including phenoxy) is 1. The predicted octanol–water partition coefficient (Wildman–Crippen LogP) is 1.95. The van der Waals surface area contributed by atoms with Crippen LogP contribution in [0.25, 0.3) is 0 Å². The second kappa shape index (κ2) is 6.76. The van der Waals surface area contributed by atoms with E-state index in [1.807, 2.05) is 12.1 Å². The van der Waals surface area contributed by atoms with E-state index in [2.05, 4.69) is 4.98 Å². The number of aliphatic carboxylic acids is 1. The van der Waals surface area contributed by atoms with Crippen LogP contribution in [0, 0.1) is 0 Å². The molecule has 0 unspecified atom stereocenters. The molecule has 0 aliphatic rings. The van der Waals surface area contributed by atoms with E-state index < -0.39 is 24.0 Å². The van der Waals surface area contributed by atoms with E-state index in [1.54, 1.807) is 18.3 Å². The van der Waals surface area contributed by atoms with E-state index in [0.717, 1.165) is 17.0 Å². The molecule has 0 aliphatic carbocycles. The van der Waals surface area contributed by atoms with Crippen LogP contribution in [0.4, 0.5) is 0 Å². The van der Waals surface area contributed by atoms with E-state index in [0.29, 0.717) is 9.94 Å². The average Bonchev–Trinajstić information content (AvgIpc) is 2.95. The highest BCUT2D eigenvalue weighted by atomic mass is 32.1. The number of carboxylic acid groups (broad SMARTS) is 1. The molecule has 0 spiro atoms. The zero-order valence-corrected chi connectivity index (χ0v) is 11.6. The third-order valence-corrected chi connectivity index (χ3v) is 3.54. The Morgan fingerprint density at radius 2 is 2.00 bits per heavy atom. The van der Waals surface area contributed by atoms with Crippen LogP contribution in [0.2, 0.25) is 0 Å². The summed E-state index contributed by atoms with van der Waals surface area (Å²) in [7, 11) is 0. The summed E-state index contributed by atoms with van der Waals surface area (Å²) in [6, 6.07) is 8.56. The third kappa shape index (κ3) is 4.22. The van der Waals surface area contributed by atoms with Crippen LogP contribution in [-0.2, 0) is 16.2 Å². The van der Waals surface area contributed by atoms with E-state index in [4.69, 9.17) is 9.84 Å². The van der Waals surface area contributed by atoms with Crippen molar-refractivity contribution in [1.29, 1.82) is 0 Å². The molecule has 1 N–H and O–H groups in total. The Labute approximate surface area is 124 Å². The van der Waals surface area contributed by atoms with Gasteiger partial charge in [-0.15, -0.1) is 0 Å². The summed E-state index contributed by atoms with van der Waals surface area (Å²) in [5.41, 5.74) is 0.750. The highest BCUT2D eigenvalue weighted by molar-refractivity contribution is 7.15. The lowest BCUT2D eigenvalue weighted by Gasteiger charge is -2.01. The first-order chi connectivity index (χ1) is 10.1. The van der Waals surface area contributed by atoms with E-state index in [9.17, 15) is 14.4 Å². The van der Waals surface area contributed by atoms with Gasteiger partial charge < -0.3 is 9.84 Å². The monoisotopic (exact) mass is 305 g/mol. The normalized spacial score (nSPS) is 10.1. The maximum absolute atomic E-state index is 11.7. The standard InChI is InChI=1S/C14H11NO5S/c16-10(7-11(17)14(18)19)12-4-5-13(21-12)20-8-9-3-1-2-6-15-9/h1-6H,7-8H2,(H,18,19). The van der Waals surface area contributed by atoms with Gasteiger partial charge in [0.05, 0.1) is 17.0 Å². The van der Waals surface area contributed by atoms with Gasteiger partial charge in [0.15, 0.2) is 10.8 Å². The Morgan fingerprint density at radius 3 is 2.67 bits per heavy atom. The molecule has 2 aromatic rings. The average molecular weight is 305 g/mol. The largest absolute Gasteiger partial charge is 0.478 e. The quantitative estimate of drug-likeness (QED) is 0.477. The number of aromatic nitrogens is 1. The smallest absolute Gasteiger partial charge is 0.372 e. The fourth-order valence-corrected chi connectivity index (χ4v) is 2.28.